The standard InChI is InChI=1S/C23H27NO5/c1-4-15-23(22(26)28-3,16-21(25)27-2)29-24(17-19-11-7-5-8-12-19)18-20-13-9-6-10-14-20/h4-15H,16-18H2,1-3H3/b15-4+. The van der Waals surface area contributed by atoms with Crippen LogP contribution in [0.2, 0.25) is 0 Å². The normalized spacial score (nSPS) is 13.2. The smallest absolute Gasteiger partial charge is 0.345 e. The third-order valence-corrected chi connectivity index (χ3v) is 4.30. The van der Waals surface area contributed by atoms with Crippen molar-refractivity contribution < 1.29 is 23.9 Å². The molecule has 0 saturated heterocycles. The van der Waals surface area contributed by atoms with Crippen LogP contribution in [0.4, 0.5) is 0 Å². The van der Waals surface area contributed by atoms with E-state index in [0.717, 1.165) is 11.1 Å². The molecule has 2 rings (SSSR count). The SMILES string of the molecule is C/C=C/C(CC(=O)OC)(ON(Cc1ccccc1)Cc1ccccc1)C(=O)OC. The van der Waals surface area contributed by atoms with Crippen LogP contribution in [-0.4, -0.2) is 36.8 Å². The third-order valence-electron chi connectivity index (χ3n) is 4.30. The Labute approximate surface area is 171 Å². The van der Waals surface area contributed by atoms with Crippen LogP contribution in [0.3, 0.4) is 0 Å². The van der Waals surface area contributed by atoms with Crippen LogP contribution < -0.4 is 0 Å². The largest absolute Gasteiger partial charge is 0.469 e. The minimum atomic E-state index is -1.62. The second kappa shape index (κ2) is 11.1. The highest BCUT2D eigenvalue weighted by Crippen LogP contribution is 2.25. The Hall–Kier alpha value is -2.96. The van der Waals surface area contributed by atoms with Gasteiger partial charge in [-0.25, -0.2) is 4.79 Å². The van der Waals surface area contributed by atoms with E-state index in [9.17, 15) is 9.59 Å². The Kier molecular flexibility index (Phi) is 8.58. The van der Waals surface area contributed by atoms with Crippen LogP contribution >= 0.6 is 0 Å². The van der Waals surface area contributed by atoms with Gasteiger partial charge in [0, 0.05) is 13.1 Å². The van der Waals surface area contributed by atoms with Crippen LogP contribution in [0.5, 0.6) is 0 Å². The summed E-state index contributed by atoms with van der Waals surface area (Å²) >= 11 is 0. The number of nitrogens with zero attached hydrogens (tertiary/aromatic N) is 1. The monoisotopic (exact) mass is 397 g/mol. The molecule has 1 atom stereocenters. The van der Waals surface area contributed by atoms with Gasteiger partial charge in [-0.3, -0.25) is 9.63 Å². The van der Waals surface area contributed by atoms with E-state index >= 15 is 0 Å². The fourth-order valence-corrected chi connectivity index (χ4v) is 2.95. The second-order valence-electron chi connectivity index (χ2n) is 6.49. The summed E-state index contributed by atoms with van der Waals surface area (Å²) in [5.74, 6) is -1.25. The maximum Gasteiger partial charge on any atom is 0.345 e. The van der Waals surface area contributed by atoms with Gasteiger partial charge in [-0.15, -0.1) is 0 Å². The zero-order valence-electron chi connectivity index (χ0n) is 17.0. The molecule has 0 aliphatic heterocycles. The average molecular weight is 397 g/mol. The van der Waals surface area contributed by atoms with Gasteiger partial charge in [0.05, 0.1) is 20.6 Å². The number of benzene rings is 2. The van der Waals surface area contributed by atoms with Gasteiger partial charge in [-0.2, -0.15) is 5.06 Å². The first kappa shape index (κ1) is 22.3. The molecule has 0 aromatic heterocycles. The second-order valence-corrected chi connectivity index (χ2v) is 6.49. The number of carbonyl (C=O) groups excluding carboxylic acids is 2. The van der Waals surface area contributed by atoms with Crippen molar-refractivity contribution >= 4 is 11.9 Å². The molecule has 2 aromatic carbocycles. The highest BCUT2D eigenvalue weighted by molar-refractivity contribution is 5.88. The van der Waals surface area contributed by atoms with Crippen LogP contribution in [0.15, 0.2) is 72.8 Å². The average Bonchev–Trinajstić information content (AvgIpc) is 2.74. The summed E-state index contributed by atoms with van der Waals surface area (Å²) in [6, 6.07) is 19.5. The molecule has 0 bridgehead atoms. The molecule has 0 N–H and O–H groups in total. The molecular weight excluding hydrogens is 370 g/mol. The Morgan fingerprint density at radius 2 is 1.41 bits per heavy atom. The fourth-order valence-electron chi connectivity index (χ4n) is 2.95. The minimum absolute atomic E-state index is 0.305. The summed E-state index contributed by atoms with van der Waals surface area (Å²) in [4.78, 5) is 30.9. The number of hydroxylamine groups is 2. The minimum Gasteiger partial charge on any atom is -0.469 e. The fraction of sp³-hybridized carbons (Fsp3) is 0.304. The molecule has 6 nitrogen and oxygen atoms in total. The highest BCUT2D eigenvalue weighted by atomic mass is 16.7. The molecule has 0 saturated carbocycles. The molecule has 6 heteroatoms. The molecule has 0 radical (unpaired) electrons. The summed E-state index contributed by atoms with van der Waals surface area (Å²) in [5, 5.41) is 1.66. The van der Waals surface area contributed by atoms with E-state index in [1.807, 2.05) is 60.7 Å². The summed E-state index contributed by atoms with van der Waals surface area (Å²) in [6.07, 6.45) is 2.88. The number of allylic oxidation sites excluding steroid dienone is 1. The summed E-state index contributed by atoms with van der Waals surface area (Å²) in [6.45, 7) is 2.57. The quantitative estimate of drug-likeness (QED) is 0.346. The van der Waals surface area contributed by atoms with Gasteiger partial charge >= 0.3 is 11.9 Å². The lowest BCUT2D eigenvalue weighted by Gasteiger charge is -2.33. The van der Waals surface area contributed by atoms with Crippen molar-refractivity contribution in [1.29, 1.82) is 0 Å². The van der Waals surface area contributed by atoms with Crippen molar-refractivity contribution in [3.8, 4) is 0 Å². The lowest BCUT2D eigenvalue weighted by molar-refractivity contribution is -0.249. The van der Waals surface area contributed by atoms with Crippen molar-refractivity contribution in [2.45, 2.75) is 32.0 Å². The number of hydrogen-bond acceptors (Lipinski definition) is 6. The summed E-state index contributed by atoms with van der Waals surface area (Å²) in [7, 11) is 2.53. The van der Waals surface area contributed by atoms with Crippen LogP contribution in [0.1, 0.15) is 24.5 Å². The number of ether oxygens (including phenoxy) is 2. The predicted octanol–water partition coefficient (Wildman–Crippen LogP) is 3.67. The molecule has 0 aliphatic rings. The first-order chi connectivity index (χ1) is 14.0. The topological polar surface area (TPSA) is 65.1 Å². The van der Waals surface area contributed by atoms with E-state index in [1.165, 1.54) is 20.3 Å². The van der Waals surface area contributed by atoms with Gasteiger partial charge in [0.15, 0.2) is 0 Å². The first-order valence-electron chi connectivity index (χ1n) is 9.34. The summed E-state index contributed by atoms with van der Waals surface area (Å²) < 4.78 is 9.75. The molecule has 0 amide bonds. The van der Waals surface area contributed by atoms with Gasteiger partial charge in [-0.05, 0) is 24.1 Å². The van der Waals surface area contributed by atoms with E-state index in [2.05, 4.69) is 0 Å². The van der Waals surface area contributed by atoms with Crippen LogP contribution in [-0.2, 0) is 37.0 Å². The third kappa shape index (κ3) is 6.55. The maximum atomic E-state index is 12.7. The van der Waals surface area contributed by atoms with Crippen molar-refractivity contribution in [3.63, 3.8) is 0 Å². The van der Waals surface area contributed by atoms with Gasteiger partial charge < -0.3 is 9.47 Å². The summed E-state index contributed by atoms with van der Waals surface area (Å²) in [5.41, 5.74) is 0.377. The Bertz CT molecular complexity index is 765. The van der Waals surface area contributed by atoms with Crippen molar-refractivity contribution in [2.24, 2.45) is 0 Å². The van der Waals surface area contributed by atoms with Crippen molar-refractivity contribution in [2.75, 3.05) is 14.2 Å². The number of carbonyl (C=O) groups is 2. The predicted molar refractivity (Wildman–Crippen MR) is 109 cm³/mol. The van der Waals surface area contributed by atoms with Gasteiger partial charge in [0.2, 0.25) is 5.60 Å². The maximum absolute atomic E-state index is 12.7. The van der Waals surface area contributed by atoms with E-state index < -0.39 is 17.5 Å². The molecule has 0 fully saturated rings. The molecule has 29 heavy (non-hydrogen) atoms. The number of methoxy groups -OCH3 is 2. The number of esters is 2. The molecule has 2 aromatic rings. The molecular formula is C23H27NO5. The van der Waals surface area contributed by atoms with Crippen LogP contribution in [0, 0.1) is 0 Å². The van der Waals surface area contributed by atoms with E-state index in [-0.39, 0.29) is 6.42 Å². The van der Waals surface area contributed by atoms with E-state index in [0.29, 0.717) is 13.1 Å². The van der Waals surface area contributed by atoms with Gasteiger partial charge in [0.1, 0.15) is 0 Å². The Balaban J connectivity index is 2.38. The Morgan fingerprint density at radius 1 is 0.897 bits per heavy atom. The highest BCUT2D eigenvalue weighted by Gasteiger charge is 2.43. The number of hydrogen-bond donors (Lipinski definition) is 0. The zero-order valence-corrected chi connectivity index (χ0v) is 17.0. The lowest BCUT2D eigenvalue weighted by Crippen LogP contribution is -2.47. The Morgan fingerprint density at radius 3 is 1.83 bits per heavy atom. The molecule has 0 spiro atoms. The molecule has 0 aliphatic carbocycles. The van der Waals surface area contributed by atoms with Gasteiger partial charge in [-0.1, -0.05) is 66.7 Å². The molecule has 0 heterocycles. The lowest BCUT2D eigenvalue weighted by atomic mass is 9.99. The first-order valence-corrected chi connectivity index (χ1v) is 9.34. The molecule has 154 valence electrons. The van der Waals surface area contributed by atoms with Crippen LogP contribution in [0.25, 0.3) is 0 Å². The van der Waals surface area contributed by atoms with Crippen molar-refractivity contribution in [3.05, 3.63) is 83.9 Å². The van der Waals surface area contributed by atoms with Crippen molar-refractivity contribution in [1.82, 2.24) is 5.06 Å². The van der Waals surface area contributed by atoms with Gasteiger partial charge in [0.25, 0.3) is 0 Å². The van der Waals surface area contributed by atoms with E-state index in [4.69, 9.17) is 14.3 Å². The molecule has 1 unspecified atom stereocenters. The zero-order chi connectivity index (χ0) is 21.1. The van der Waals surface area contributed by atoms with E-state index in [1.54, 1.807) is 18.1 Å². The number of rotatable bonds is 10.